The maximum atomic E-state index is 6.41. The minimum absolute atomic E-state index is 0.0238. The van der Waals surface area contributed by atoms with Crippen LogP contribution in [-0.4, -0.2) is 24.3 Å². The monoisotopic (exact) mass is 255 g/mol. The maximum Gasteiger partial charge on any atom is 0.110 e. The molecule has 2 saturated heterocycles. The fourth-order valence-corrected chi connectivity index (χ4v) is 4.12. The van der Waals surface area contributed by atoms with Crippen molar-refractivity contribution in [3.05, 3.63) is 42.0 Å². The summed E-state index contributed by atoms with van der Waals surface area (Å²) in [7, 11) is 0. The molecule has 0 N–H and O–H groups in total. The number of benzene rings is 1. The van der Waals surface area contributed by atoms with Gasteiger partial charge < -0.3 is 9.64 Å². The van der Waals surface area contributed by atoms with Crippen molar-refractivity contribution in [3.8, 4) is 0 Å². The Hall–Kier alpha value is -1.28. The van der Waals surface area contributed by atoms with E-state index in [0.29, 0.717) is 11.8 Å². The Bertz CT molecular complexity index is 549. The molecular weight excluding hydrogens is 234 g/mol. The van der Waals surface area contributed by atoms with Crippen molar-refractivity contribution in [2.24, 2.45) is 11.8 Å². The first-order valence-corrected chi connectivity index (χ1v) is 7.25. The summed E-state index contributed by atoms with van der Waals surface area (Å²) in [6.07, 6.45) is 4.61. The highest BCUT2D eigenvalue weighted by atomic mass is 16.5. The molecule has 3 aliphatic heterocycles. The maximum absolute atomic E-state index is 6.41. The average Bonchev–Trinajstić information content (AvgIpc) is 2.97. The van der Waals surface area contributed by atoms with Gasteiger partial charge in [-0.3, -0.25) is 0 Å². The third kappa shape index (κ3) is 1.41. The third-order valence-corrected chi connectivity index (χ3v) is 5.50. The largest absolute Gasteiger partial charge is 0.368 e. The predicted octanol–water partition coefficient (Wildman–Crippen LogP) is 3.16. The van der Waals surface area contributed by atoms with Gasteiger partial charge in [-0.25, -0.2) is 0 Å². The first-order chi connectivity index (χ1) is 9.02. The van der Waals surface area contributed by atoms with Crippen molar-refractivity contribution >= 4 is 5.69 Å². The summed E-state index contributed by atoms with van der Waals surface area (Å²) in [4.78, 5) is 2.48. The molecule has 0 unspecified atom stereocenters. The van der Waals surface area contributed by atoms with Crippen LogP contribution in [0, 0.1) is 18.8 Å². The molecule has 4 rings (SSSR count). The van der Waals surface area contributed by atoms with E-state index < -0.39 is 0 Å². The van der Waals surface area contributed by atoms with Crippen LogP contribution in [0.5, 0.6) is 0 Å². The number of fused-ring (bicyclic) bond motifs is 1. The number of hydrogen-bond donors (Lipinski definition) is 0. The van der Waals surface area contributed by atoms with E-state index in [2.05, 4.69) is 62.1 Å². The topological polar surface area (TPSA) is 12.5 Å². The van der Waals surface area contributed by atoms with E-state index in [0.717, 1.165) is 13.1 Å². The fourth-order valence-electron chi connectivity index (χ4n) is 4.12. The van der Waals surface area contributed by atoms with Crippen LogP contribution in [0.1, 0.15) is 19.4 Å². The Morgan fingerprint density at radius 1 is 1.21 bits per heavy atom. The molecule has 1 aromatic rings. The van der Waals surface area contributed by atoms with Gasteiger partial charge in [-0.2, -0.15) is 0 Å². The molecular formula is C17H21NO. The molecule has 0 radical (unpaired) electrons. The van der Waals surface area contributed by atoms with Crippen LogP contribution in [0.15, 0.2) is 36.4 Å². The van der Waals surface area contributed by atoms with Crippen LogP contribution in [0.2, 0.25) is 0 Å². The number of nitrogens with zero attached hydrogens (tertiary/aromatic N) is 1. The summed E-state index contributed by atoms with van der Waals surface area (Å²) in [6, 6.07) is 8.85. The number of hydrogen-bond acceptors (Lipinski definition) is 2. The van der Waals surface area contributed by atoms with E-state index >= 15 is 0 Å². The van der Waals surface area contributed by atoms with Crippen molar-refractivity contribution in [2.75, 3.05) is 18.0 Å². The lowest BCUT2D eigenvalue weighted by Gasteiger charge is -2.28. The molecule has 2 fully saturated rings. The van der Waals surface area contributed by atoms with Crippen LogP contribution < -0.4 is 4.90 Å². The van der Waals surface area contributed by atoms with E-state index in [1.807, 2.05) is 0 Å². The minimum atomic E-state index is -0.0287. The molecule has 3 heterocycles. The fraction of sp³-hybridized carbons (Fsp3) is 0.529. The van der Waals surface area contributed by atoms with E-state index in [1.54, 1.807) is 0 Å². The van der Waals surface area contributed by atoms with Gasteiger partial charge in [0.25, 0.3) is 0 Å². The van der Waals surface area contributed by atoms with Gasteiger partial charge in [0.15, 0.2) is 0 Å². The highest BCUT2D eigenvalue weighted by Crippen LogP contribution is 2.56. The van der Waals surface area contributed by atoms with E-state index in [9.17, 15) is 0 Å². The van der Waals surface area contributed by atoms with E-state index in [1.165, 1.54) is 11.3 Å². The smallest absolute Gasteiger partial charge is 0.110 e. The zero-order chi connectivity index (χ0) is 13.3. The summed E-state index contributed by atoms with van der Waals surface area (Å²) in [5.41, 5.74) is 2.59. The predicted molar refractivity (Wildman–Crippen MR) is 77.4 cm³/mol. The second kappa shape index (κ2) is 3.43. The highest BCUT2D eigenvalue weighted by Gasteiger charge is 2.63. The lowest BCUT2D eigenvalue weighted by molar-refractivity contribution is -0.0242. The van der Waals surface area contributed by atoms with Crippen LogP contribution in [-0.2, 0) is 4.74 Å². The van der Waals surface area contributed by atoms with Crippen molar-refractivity contribution in [3.63, 3.8) is 0 Å². The van der Waals surface area contributed by atoms with Gasteiger partial charge in [0.2, 0.25) is 0 Å². The summed E-state index contributed by atoms with van der Waals surface area (Å²) in [5, 5.41) is 0. The second-order valence-corrected chi connectivity index (χ2v) is 6.69. The number of ether oxygens (including phenoxy) is 1. The molecule has 2 heteroatoms. The lowest BCUT2D eigenvalue weighted by Crippen LogP contribution is -2.34. The number of anilines is 1. The zero-order valence-corrected chi connectivity index (χ0v) is 11.9. The van der Waals surface area contributed by atoms with Gasteiger partial charge in [-0.15, -0.1) is 0 Å². The molecule has 1 spiro atoms. The summed E-state index contributed by atoms with van der Waals surface area (Å²) >= 11 is 0. The SMILES string of the molecule is Cc1ccc(N2C[C@@H]3[C@H](C)[C@]4(C)C=C[C@]3(C2)O4)cc1. The molecule has 0 aromatic heterocycles. The number of aryl methyl sites for hydroxylation is 1. The van der Waals surface area contributed by atoms with Crippen LogP contribution in [0.4, 0.5) is 5.69 Å². The minimum Gasteiger partial charge on any atom is -0.368 e. The Balaban J connectivity index is 1.65. The zero-order valence-electron chi connectivity index (χ0n) is 11.9. The van der Waals surface area contributed by atoms with Crippen LogP contribution >= 0.6 is 0 Å². The third-order valence-electron chi connectivity index (χ3n) is 5.50. The summed E-state index contributed by atoms with van der Waals surface area (Å²) in [5.74, 6) is 1.23. The molecule has 2 bridgehead atoms. The van der Waals surface area contributed by atoms with E-state index in [-0.39, 0.29) is 11.2 Å². The van der Waals surface area contributed by atoms with E-state index in [4.69, 9.17) is 4.74 Å². The lowest BCUT2D eigenvalue weighted by atomic mass is 9.74. The van der Waals surface area contributed by atoms with Gasteiger partial charge in [0.05, 0.1) is 12.1 Å². The van der Waals surface area contributed by atoms with Crippen LogP contribution in [0.3, 0.4) is 0 Å². The van der Waals surface area contributed by atoms with Crippen LogP contribution in [0.25, 0.3) is 0 Å². The molecule has 0 aliphatic carbocycles. The van der Waals surface area contributed by atoms with Gasteiger partial charge in [-0.05, 0) is 31.9 Å². The Morgan fingerprint density at radius 3 is 2.63 bits per heavy atom. The normalized spacial score (nSPS) is 43.0. The van der Waals surface area contributed by atoms with Gasteiger partial charge in [-0.1, -0.05) is 36.8 Å². The molecule has 3 aliphatic rings. The molecule has 0 saturated carbocycles. The van der Waals surface area contributed by atoms with Gasteiger partial charge in [0, 0.05) is 18.2 Å². The number of rotatable bonds is 1. The molecule has 2 nitrogen and oxygen atoms in total. The summed E-state index contributed by atoms with van der Waals surface area (Å²) in [6.45, 7) is 8.82. The Labute approximate surface area is 115 Å². The first-order valence-electron chi connectivity index (χ1n) is 7.25. The van der Waals surface area contributed by atoms with Crippen molar-refractivity contribution in [1.82, 2.24) is 0 Å². The molecule has 1 aromatic carbocycles. The Kier molecular flexibility index (Phi) is 2.08. The molecule has 100 valence electrons. The second-order valence-electron chi connectivity index (χ2n) is 6.69. The van der Waals surface area contributed by atoms with Crippen molar-refractivity contribution < 1.29 is 4.74 Å². The summed E-state index contributed by atoms with van der Waals surface area (Å²) < 4.78 is 6.41. The van der Waals surface area contributed by atoms with Gasteiger partial charge in [0.1, 0.15) is 5.60 Å². The van der Waals surface area contributed by atoms with Gasteiger partial charge >= 0.3 is 0 Å². The molecule has 4 atom stereocenters. The van der Waals surface area contributed by atoms with Crippen molar-refractivity contribution in [1.29, 1.82) is 0 Å². The quantitative estimate of drug-likeness (QED) is 0.715. The Morgan fingerprint density at radius 2 is 1.95 bits per heavy atom. The molecule has 19 heavy (non-hydrogen) atoms. The first kappa shape index (κ1) is 11.5. The molecule has 0 amide bonds. The average molecular weight is 255 g/mol. The standard InChI is InChI=1S/C17H21NO/c1-12-4-6-14(7-5-12)18-10-15-13(2)16(3)8-9-17(15,11-18)19-16/h4-9,13,15H,10-11H2,1-3H3/t13-,15+,16-,17+/m0/s1. The highest BCUT2D eigenvalue weighted by molar-refractivity contribution is 5.52. The van der Waals surface area contributed by atoms with Crippen molar-refractivity contribution in [2.45, 2.75) is 32.0 Å².